The molecule has 0 aromatic carbocycles. The van der Waals surface area contributed by atoms with E-state index < -0.39 is 0 Å². The van der Waals surface area contributed by atoms with Crippen LogP contribution >= 0.6 is 0 Å². The van der Waals surface area contributed by atoms with Crippen LogP contribution in [0.4, 0.5) is 0 Å². The van der Waals surface area contributed by atoms with E-state index in [2.05, 4.69) is 17.4 Å². The molecule has 2 bridgehead atoms. The molecule has 3 heteroatoms. The quantitative estimate of drug-likeness (QED) is 0.557. The van der Waals surface area contributed by atoms with E-state index >= 15 is 0 Å². The van der Waals surface area contributed by atoms with Crippen LogP contribution in [0.2, 0.25) is 0 Å². The van der Waals surface area contributed by atoms with Gasteiger partial charge in [0.25, 0.3) is 0 Å². The van der Waals surface area contributed by atoms with Gasteiger partial charge in [0.05, 0.1) is 18.2 Å². The van der Waals surface area contributed by atoms with Gasteiger partial charge >= 0.3 is 0 Å². The van der Waals surface area contributed by atoms with Crippen molar-refractivity contribution in [1.29, 1.82) is 0 Å². The largest absolute Gasteiger partial charge is 0.372 e. The Labute approximate surface area is 61.3 Å². The van der Waals surface area contributed by atoms with Gasteiger partial charge in [0, 0.05) is 6.54 Å². The zero-order valence-corrected chi connectivity index (χ0v) is 6.55. The molecule has 2 fully saturated rings. The SMILES string of the molecule is CNN1CC2(C)CC1CO2. The zero-order valence-electron chi connectivity index (χ0n) is 6.55. The monoisotopic (exact) mass is 142 g/mol. The Bertz CT molecular complexity index is 151. The Morgan fingerprint density at radius 1 is 1.70 bits per heavy atom. The minimum atomic E-state index is 0.147. The van der Waals surface area contributed by atoms with Gasteiger partial charge in [-0.15, -0.1) is 0 Å². The predicted molar refractivity (Wildman–Crippen MR) is 38.5 cm³/mol. The zero-order chi connectivity index (χ0) is 7.19. The van der Waals surface area contributed by atoms with E-state index in [1.165, 1.54) is 6.42 Å². The summed E-state index contributed by atoms with van der Waals surface area (Å²) >= 11 is 0. The number of hydrazine groups is 1. The number of rotatable bonds is 1. The highest BCUT2D eigenvalue weighted by Gasteiger charge is 2.47. The standard InChI is InChI=1S/C7H14N2O/c1-7-3-6(4-10-7)9(5-7)8-2/h6,8H,3-5H2,1-2H3. The van der Waals surface area contributed by atoms with Gasteiger partial charge in [-0.3, -0.25) is 5.43 Å². The fourth-order valence-electron chi connectivity index (χ4n) is 1.98. The molecule has 2 rings (SSSR count). The topological polar surface area (TPSA) is 24.5 Å². The van der Waals surface area contributed by atoms with Gasteiger partial charge in [-0.1, -0.05) is 0 Å². The average Bonchev–Trinajstić information content (AvgIpc) is 2.41. The number of fused-ring (bicyclic) bond motifs is 2. The van der Waals surface area contributed by atoms with Gasteiger partial charge in [-0.2, -0.15) is 0 Å². The molecule has 2 atom stereocenters. The number of hydrogen-bond acceptors (Lipinski definition) is 3. The van der Waals surface area contributed by atoms with Gasteiger partial charge in [-0.05, 0) is 20.4 Å². The molecule has 2 unspecified atom stereocenters. The molecule has 1 N–H and O–H groups in total. The number of ether oxygens (including phenoxy) is 1. The van der Waals surface area contributed by atoms with Crippen molar-refractivity contribution in [2.75, 3.05) is 20.2 Å². The molecule has 0 saturated carbocycles. The summed E-state index contributed by atoms with van der Waals surface area (Å²) in [7, 11) is 1.98. The second kappa shape index (κ2) is 1.94. The van der Waals surface area contributed by atoms with Crippen molar-refractivity contribution in [3.63, 3.8) is 0 Å². The molecule has 2 aliphatic rings. The number of hydrogen-bond donors (Lipinski definition) is 1. The lowest BCUT2D eigenvalue weighted by molar-refractivity contribution is -0.0454. The molecule has 10 heavy (non-hydrogen) atoms. The van der Waals surface area contributed by atoms with E-state index in [-0.39, 0.29) is 5.60 Å². The highest BCUT2D eigenvalue weighted by molar-refractivity contribution is 4.98. The van der Waals surface area contributed by atoms with E-state index in [0.717, 1.165) is 13.2 Å². The molecule has 2 aliphatic heterocycles. The number of morpholine rings is 1. The summed E-state index contributed by atoms with van der Waals surface area (Å²) in [6.07, 6.45) is 1.19. The van der Waals surface area contributed by atoms with Crippen LogP contribution in [0.5, 0.6) is 0 Å². The lowest BCUT2D eigenvalue weighted by atomic mass is 10.1. The maximum Gasteiger partial charge on any atom is 0.0812 e. The summed E-state index contributed by atoms with van der Waals surface area (Å²) < 4.78 is 5.59. The van der Waals surface area contributed by atoms with Crippen molar-refractivity contribution in [3.05, 3.63) is 0 Å². The summed E-state index contributed by atoms with van der Waals surface area (Å²) in [5.41, 5.74) is 3.32. The van der Waals surface area contributed by atoms with Gasteiger partial charge in [0.1, 0.15) is 0 Å². The van der Waals surface area contributed by atoms with E-state index in [1.807, 2.05) is 7.05 Å². The van der Waals surface area contributed by atoms with Gasteiger partial charge in [-0.25, -0.2) is 5.01 Å². The van der Waals surface area contributed by atoms with Crippen LogP contribution < -0.4 is 5.43 Å². The molecule has 0 spiro atoms. The third-order valence-electron chi connectivity index (χ3n) is 2.52. The maximum atomic E-state index is 5.59. The lowest BCUT2D eigenvalue weighted by Gasteiger charge is -2.29. The first-order valence-corrected chi connectivity index (χ1v) is 3.81. The van der Waals surface area contributed by atoms with Crippen LogP contribution in [0, 0.1) is 0 Å². The fraction of sp³-hybridized carbons (Fsp3) is 1.00. The van der Waals surface area contributed by atoms with Crippen LogP contribution in [-0.2, 0) is 4.74 Å². The highest BCUT2D eigenvalue weighted by atomic mass is 16.5. The second-order valence-corrected chi connectivity index (χ2v) is 3.47. The fourth-order valence-corrected chi connectivity index (χ4v) is 1.98. The highest BCUT2D eigenvalue weighted by Crippen LogP contribution is 2.35. The Morgan fingerprint density at radius 3 is 2.80 bits per heavy atom. The van der Waals surface area contributed by atoms with Crippen LogP contribution in [0.3, 0.4) is 0 Å². The summed E-state index contributed by atoms with van der Waals surface area (Å²) in [5, 5.41) is 2.27. The normalized spacial score (nSPS) is 46.8. The Kier molecular flexibility index (Phi) is 1.27. The summed E-state index contributed by atoms with van der Waals surface area (Å²) in [6.45, 7) is 4.12. The molecule has 0 aromatic heterocycles. The van der Waals surface area contributed by atoms with Gasteiger partial charge in [0.15, 0.2) is 0 Å². The Balaban J connectivity index is 2.10. The summed E-state index contributed by atoms with van der Waals surface area (Å²) in [5.74, 6) is 0. The molecule has 2 heterocycles. The third-order valence-corrected chi connectivity index (χ3v) is 2.52. The lowest BCUT2D eigenvalue weighted by Crippen LogP contribution is -2.47. The number of nitrogens with one attached hydrogen (secondary N) is 1. The van der Waals surface area contributed by atoms with Gasteiger partial charge in [0.2, 0.25) is 0 Å². The van der Waals surface area contributed by atoms with Crippen LogP contribution in [0.15, 0.2) is 0 Å². The Hall–Kier alpha value is -0.120. The molecule has 0 radical (unpaired) electrons. The van der Waals surface area contributed by atoms with E-state index in [0.29, 0.717) is 6.04 Å². The summed E-state index contributed by atoms with van der Waals surface area (Å²) in [6, 6.07) is 0.620. The average molecular weight is 142 g/mol. The number of nitrogens with zero attached hydrogens (tertiary/aromatic N) is 1. The molecule has 0 aromatic rings. The van der Waals surface area contributed by atoms with Crippen LogP contribution in [0.25, 0.3) is 0 Å². The van der Waals surface area contributed by atoms with Crippen molar-refractivity contribution < 1.29 is 4.74 Å². The van der Waals surface area contributed by atoms with Crippen molar-refractivity contribution in [1.82, 2.24) is 10.4 Å². The molecular weight excluding hydrogens is 128 g/mol. The minimum Gasteiger partial charge on any atom is -0.372 e. The molecule has 2 saturated heterocycles. The van der Waals surface area contributed by atoms with E-state index in [1.54, 1.807) is 0 Å². The molecule has 58 valence electrons. The first-order valence-electron chi connectivity index (χ1n) is 3.81. The minimum absolute atomic E-state index is 0.147. The smallest absolute Gasteiger partial charge is 0.0812 e. The first kappa shape index (κ1) is 6.58. The van der Waals surface area contributed by atoms with Crippen molar-refractivity contribution in [2.24, 2.45) is 0 Å². The predicted octanol–water partition coefficient (Wildman–Crippen LogP) is -0.0160. The molecule has 0 aliphatic carbocycles. The van der Waals surface area contributed by atoms with Crippen molar-refractivity contribution in [2.45, 2.75) is 25.0 Å². The van der Waals surface area contributed by atoms with Gasteiger partial charge < -0.3 is 4.74 Å². The van der Waals surface area contributed by atoms with E-state index in [4.69, 9.17) is 4.74 Å². The second-order valence-electron chi connectivity index (χ2n) is 3.47. The van der Waals surface area contributed by atoms with Crippen LogP contribution in [0.1, 0.15) is 13.3 Å². The summed E-state index contributed by atoms with van der Waals surface area (Å²) in [4.78, 5) is 0. The molecule has 3 nitrogen and oxygen atoms in total. The molecular formula is C7H14N2O. The third kappa shape index (κ3) is 0.779. The van der Waals surface area contributed by atoms with Crippen molar-refractivity contribution >= 4 is 0 Å². The van der Waals surface area contributed by atoms with Crippen molar-refractivity contribution in [3.8, 4) is 0 Å². The first-order chi connectivity index (χ1) is 4.73. The van der Waals surface area contributed by atoms with Crippen LogP contribution in [-0.4, -0.2) is 36.9 Å². The maximum absolute atomic E-state index is 5.59. The Morgan fingerprint density at radius 2 is 2.50 bits per heavy atom. The molecule has 0 amide bonds. The van der Waals surface area contributed by atoms with E-state index in [9.17, 15) is 0 Å².